The average molecular weight is 306 g/mol. The molecule has 1 aromatic rings. The van der Waals surface area contributed by atoms with Gasteiger partial charge < -0.3 is 20.1 Å². The van der Waals surface area contributed by atoms with Crippen LogP contribution in [0.15, 0.2) is 24.3 Å². The Morgan fingerprint density at radius 2 is 2.18 bits per heavy atom. The lowest BCUT2D eigenvalue weighted by atomic mass is 10.0. The second-order valence-corrected chi connectivity index (χ2v) is 6.06. The third kappa shape index (κ3) is 5.66. The molecule has 22 heavy (non-hydrogen) atoms. The smallest absolute Gasteiger partial charge is 0.217 e. The van der Waals surface area contributed by atoms with Crippen molar-refractivity contribution >= 4 is 5.91 Å². The maximum atomic E-state index is 11.0. The molecule has 1 heterocycles. The van der Waals surface area contributed by atoms with Gasteiger partial charge in [0.1, 0.15) is 18.5 Å². The summed E-state index contributed by atoms with van der Waals surface area (Å²) in [7, 11) is 0. The number of nitrogens with one attached hydrogen (secondary N) is 1. The molecule has 0 radical (unpaired) electrons. The van der Waals surface area contributed by atoms with Crippen molar-refractivity contribution in [2.45, 2.75) is 38.8 Å². The highest BCUT2D eigenvalue weighted by molar-refractivity contribution is 5.73. The number of hydrogen-bond acceptors (Lipinski definition) is 4. The molecule has 122 valence electrons. The molecule has 0 bridgehead atoms. The molecule has 1 unspecified atom stereocenters. The number of aryl methyl sites for hydroxylation is 1. The summed E-state index contributed by atoms with van der Waals surface area (Å²) in [5.41, 5.74) is 1.15. The summed E-state index contributed by atoms with van der Waals surface area (Å²) in [5, 5.41) is 13.1. The third-order valence-corrected chi connectivity index (χ3v) is 3.90. The maximum Gasteiger partial charge on any atom is 0.217 e. The second kappa shape index (κ2) is 8.15. The van der Waals surface area contributed by atoms with Crippen LogP contribution in [0.1, 0.15) is 25.3 Å². The first-order valence-electron chi connectivity index (χ1n) is 7.90. The van der Waals surface area contributed by atoms with E-state index in [1.165, 1.54) is 0 Å². The van der Waals surface area contributed by atoms with E-state index in [1.807, 2.05) is 31.2 Å². The van der Waals surface area contributed by atoms with Crippen molar-refractivity contribution in [1.29, 1.82) is 0 Å². The van der Waals surface area contributed by atoms with Gasteiger partial charge >= 0.3 is 0 Å². The molecule has 1 atom stereocenters. The highest BCUT2D eigenvalue weighted by Gasteiger charge is 2.21. The SMILES string of the molecule is CC(=O)NC1CCN(CC(O)COc2cccc(C)c2)CC1. The fraction of sp³-hybridized carbons (Fsp3) is 0.588. The van der Waals surface area contributed by atoms with E-state index >= 15 is 0 Å². The van der Waals surface area contributed by atoms with Crippen LogP contribution < -0.4 is 10.1 Å². The molecule has 5 heteroatoms. The average Bonchev–Trinajstić information content (AvgIpc) is 2.47. The molecule has 0 aliphatic carbocycles. The maximum absolute atomic E-state index is 11.0. The lowest BCUT2D eigenvalue weighted by Crippen LogP contribution is -2.46. The molecule has 0 spiro atoms. The summed E-state index contributed by atoms with van der Waals surface area (Å²) in [6, 6.07) is 8.10. The number of rotatable bonds is 6. The van der Waals surface area contributed by atoms with Gasteiger partial charge in [0.2, 0.25) is 5.91 Å². The van der Waals surface area contributed by atoms with Crippen molar-refractivity contribution in [3.8, 4) is 5.75 Å². The summed E-state index contributed by atoms with van der Waals surface area (Å²) >= 11 is 0. The quantitative estimate of drug-likeness (QED) is 0.832. The minimum absolute atomic E-state index is 0.0324. The summed E-state index contributed by atoms with van der Waals surface area (Å²) in [4.78, 5) is 13.3. The highest BCUT2D eigenvalue weighted by atomic mass is 16.5. The van der Waals surface area contributed by atoms with Crippen LogP contribution in [0, 0.1) is 6.92 Å². The molecule has 1 aliphatic heterocycles. The van der Waals surface area contributed by atoms with Gasteiger partial charge in [-0.25, -0.2) is 0 Å². The topological polar surface area (TPSA) is 61.8 Å². The molecule has 0 aromatic heterocycles. The van der Waals surface area contributed by atoms with E-state index in [0.717, 1.165) is 37.2 Å². The number of carbonyl (C=O) groups is 1. The number of ether oxygens (including phenoxy) is 1. The highest BCUT2D eigenvalue weighted by Crippen LogP contribution is 2.14. The monoisotopic (exact) mass is 306 g/mol. The number of hydrogen-bond donors (Lipinski definition) is 2. The van der Waals surface area contributed by atoms with E-state index < -0.39 is 6.10 Å². The van der Waals surface area contributed by atoms with Gasteiger partial charge in [0.15, 0.2) is 0 Å². The molecule has 1 fully saturated rings. The van der Waals surface area contributed by atoms with Gasteiger partial charge in [-0.05, 0) is 37.5 Å². The first-order valence-corrected chi connectivity index (χ1v) is 7.90. The van der Waals surface area contributed by atoms with Crippen LogP contribution in [-0.2, 0) is 4.79 Å². The van der Waals surface area contributed by atoms with Crippen LogP contribution in [0.4, 0.5) is 0 Å². The van der Waals surface area contributed by atoms with Crippen LogP contribution in [0.25, 0.3) is 0 Å². The first-order chi connectivity index (χ1) is 10.5. The van der Waals surface area contributed by atoms with Gasteiger partial charge in [0.05, 0.1) is 0 Å². The summed E-state index contributed by atoms with van der Waals surface area (Å²) < 4.78 is 5.63. The van der Waals surface area contributed by atoms with E-state index in [-0.39, 0.29) is 11.9 Å². The molecule has 1 amide bonds. The third-order valence-electron chi connectivity index (χ3n) is 3.90. The van der Waals surface area contributed by atoms with E-state index in [4.69, 9.17) is 4.74 Å². The minimum Gasteiger partial charge on any atom is -0.491 e. The van der Waals surface area contributed by atoms with Crippen molar-refractivity contribution in [3.05, 3.63) is 29.8 Å². The standard InChI is InChI=1S/C17H26N2O3/c1-13-4-3-5-17(10-13)22-12-16(21)11-19-8-6-15(7-9-19)18-14(2)20/h3-5,10,15-16,21H,6-9,11-12H2,1-2H3,(H,18,20). The fourth-order valence-electron chi connectivity index (χ4n) is 2.80. The molecule has 5 nitrogen and oxygen atoms in total. The van der Waals surface area contributed by atoms with Crippen molar-refractivity contribution in [1.82, 2.24) is 10.2 Å². The molecular formula is C17H26N2O3. The predicted molar refractivity (Wildman–Crippen MR) is 86.0 cm³/mol. The predicted octanol–water partition coefficient (Wildman–Crippen LogP) is 1.34. The lowest BCUT2D eigenvalue weighted by Gasteiger charge is -2.33. The zero-order valence-corrected chi connectivity index (χ0v) is 13.4. The lowest BCUT2D eigenvalue weighted by molar-refractivity contribution is -0.120. The van der Waals surface area contributed by atoms with Crippen LogP contribution in [0.5, 0.6) is 5.75 Å². The summed E-state index contributed by atoms with van der Waals surface area (Å²) in [6.07, 6.45) is 1.37. The Labute approximate surface area is 132 Å². The number of nitrogens with zero attached hydrogens (tertiary/aromatic N) is 1. The Kier molecular flexibility index (Phi) is 6.21. The van der Waals surface area contributed by atoms with Crippen molar-refractivity contribution in [3.63, 3.8) is 0 Å². The van der Waals surface area contributed by atoms with Gasteiger partial charge in [-0.1, -0.05) is 12.1 Å². The molecule has 2 rings (SSSR count). The van der Waals surface area contributed by atoms with Crippen LogP contribution in [0.3, 0.4) is 0 Å². The number of amides is 1. The van der Waals surface area contributed by atoms with Crippen LogP contribution in [-0.4, -0.2) is 54.3 Å². The molecular weight excluding hydrogens is 280 g/mol. The van der Waals surface area contributed by atoms with Crippen molar-refractivity contribution in [2.75, 3.05) is 26.2 Å². The molecule has 0 saturated carbocycles. The Morgan fingerprint density at radius 1 is 1.45 bits per heavy atom. The number of piperidine rings is 1. The number of aliphatic hydroxyl groups is 1. The number of benzene rings is 1. The van der Waals surface area contributed by atoms with E-state index in [0.29, 0.717) is 13.2 Å². The number of aliphatic hydroxyl groups excluding tert-OH is 1. The number of carbonyl (C=O) groups excluding carboxylic acids is 1. The Hall–Kier alpha value is -1.59. The van der Waals surface area contributed by atoms with Gasteiger partial charge in [-0.2, -0.15) is 0 Å². The van der Waals surface area contributed by atoms with Gasteiger partial charge in [-0.15, -0.1) is 0 Å². The molecule has 2 N–H and O–H groups in total. The number of β-amino-alcohol motifs (C(OH)–C–C–N with tert-alkyl or cyclic N) is 1. The van der Waals surface area contributed by atoms with E-state index in [2.05, 4.69) is 10.2 Å². The van der Waals surface area contributed by atoms with Gasteiger partial charge in [0, 0.05) is 32.6 Å². The van der Waals surface area contributed by atoms with E-state index in [1.54, 1.807) is 6.92 Å². The zero-order chi connectivity index (χ0) is 15.9. The molecule has 1 saturated heterocycles. The number of likely N-dealkylation sites (tertiary alicyclic amines) is 1. The summed E-state index contributed by atoms with van der Waals surface area (Å²) in [5.74, 6) is 0.827. The Bertz CT molecular complexity index is 485. The second-order valence-electron chi connectivity index (χ2n) is 6.06. The first kappa shape index (κ1) is 16.8. The Morgan fingerprint density at radius 3 is 2.82 bits per heavy atom. The van der Waals surface area contributed by atoms with Gasteiger partial charge in [0.25, 0.3) is 0 Å². The zero-order valence-electron chi connectivity index (χ0n) is 13.4. The van der Waals surface area contributed by atoms with E-state index in [9.17, 15) is 9.90 Å². The van der Waals surface area contributed by atoms with Crippen LogP contribution >= 0.6 is 0 Å². The van der Waals surface area contributed by atoms with Crippen molar-refractivity contribution in [2.24, 2.45) is 0 Å². The van der Waals surface area contributed by atoms with Crippen molar-refractivity contribution < 1.29 is 14.6 Å². The molecule has 1 aliphatic rings. The van der Waals surface area contributed by atoms with Gasteiger partial charge in [-0.3, -0.25) is 4.79 Å². The Balaban J connectivity index is 1.67. The normalized spacial score (nSPS) is 18.0. The molecule has 1 aromatic carbocycles. The summed E-state index contributed by atoms with van der Waals surface area (Å²) in [6.45, 7) is 6.27. The fourth-order valence-corrected chi connectivity index (χ4v) is 2.80. The minimum atomic E-state index is -0.502. The van der Waals surface area contributed by atoms with Crippen LogP contribution in [0.2, 0.25) is 0 Å². The largest absolute Gasteiger partial charge is 0.491 e.